The molecule has 5 heteroatoms. The molecule has 0 aliphatic heterocycles. The number of benzene rings is 1. The summed E-state index contributed by atoms with van der Waals surface area (Å²) in [5, 5.41) is 4.30. The molecule has 0 aliphatic carbocycles. The number of hydrogen-bond acceptors (Lipinski definition) is 3. The molecule has 3 rings (SSSR count). The van der Waals surface area contributed by atoms with E-state index < -0.39 is 0 Å². The van der Waals surface area contributed by atoms with E-state index in [1.807, 2.05) is 19.2 Å². The molecule has 0 bridgehead atoms. The molecule has 0 radical (unpaired) electrons. The Labute approximate surface area is 103 Å². The van der Waals surface area contributed by atoms with Crippen LogP contribution in [-0.2, 0) is 0 Å². The molecule has 0 saturated heterocycles. The zero-order valence-corrected chi connectivity index (χ0v) is 9.76. The lowest BCUT2D eigenvalue weighted by atomic mass is 10.2. The normalized spacial score (nSPS) is 11.0. The third-order valence-electron chi connectivity index (χ3n) is 2.68. The van der Waals surface area contributed by atoms with Crippen LogP contribution in [0.15, 0.2) is 36.5 Å². The van der Waals surface area contributed by atoms with Gasteiger partial charge in [0.1, 0.15) is 5.82 Å². The van der Waals surface area contributed by atoms with Crippen LogP contribution in [0, 0.1) is 12.7 Å². The molecule has 0 amide bonds. The highest BCUT2D eigenvalue weighted by Gasteiger charge is 2.09. The lowest BCUT2D eigenvalue weighted by Gasteiger charge is -1.97. The third-order valence-corrected chi connectivity index (χ3v) is 2.68. The summed E-state index contributed by atoms with van der Waals surface area (Å²) in [4.78, 5) is 4.32. The van der Waals surface area contributed by atoms with Gasteiger partial charge in [-0.05, 0) is 30.7 Å². The fourth-order valence-corrected chi connectivity index (χ4v) is 1.90. The van der Waals surface area contributed by atoms with E-state index in [1.165, 1.54) is 12.1 Å². The summed E-state index contributed by atoms with van der Waals surface area (Å²) >= 11 is 0. The number of aryl methyl sites for hydroxylation is 1. The van der Waals surface area contributed by atoms with Gasteiger partial charge >= 0.3 is 0 Å². The van der Waals surface area contributed by atoms with Crippen molar-refractivity contribution >= 4 is 11.3 Å². The second kappa shape index (κ2) is 3.80. The van der Waals surface area contributed by atoms with Crippen molar-refractivity contribution in [3.63, 3.8) is 0 Å². The Hall–Kier alpha value is -2.43. The maximum Gasteiger partial charge on any atom is 0.182 e. The Kier molecular flexibility index (Phi) is 2.26. The first kappa shape index (κ1) is 10.7. The number of nitrogens with two attached hydrogens (primary N) is 1. The number of halogens is 1. The number of nitrogen functional groups attached to an aromatic ring is 1. The fraction of sp³-hybridized carbons (Fsp3) is 0.0769. The summed E-state index contributed by atoms with van der Waals surface area (Å²) in [6.07, 6.45) is 1.83. The van der Waals surface area contributed by atoms with Crippen molar-refractivity contribution in [2.45, 2.75) is 6.92 Å². The standard InChI is InChI=1S/C13H11FN4/c1-8-5-11(15)13-16-12(17-18(13)7-8)9-3-2-4-10(14)6-9/h2-7H,15H2,1H3. The van der Waals surface area contributed by atoms with Crippen LogP contribution in [0.4, 0.5) is 10.1 Å². The molecule has 0 saturated carbocycles. The SMILES string of the molecule is Cc1cc(N)c2nc(-c3cccc(F)c3)nn2c1. The molecule has 2 N–H and O–H groups in total. The lowest BCUT2D eigenvalue weighted by Crippen LogP contribution is -1.94. The number of pyridine rings is 1. The van der Waals surface area contributed by atoms with Crippen molar-refractivity contribution in [3.05, 3.63) is 47.9 Å². The summed E-state index contributed by atoms with van der Waals surface area (Å²) in [5.74, 6) is 0.155. The first-order chi connectivity index (χ1) is 8.63. The summed E-state index contributed by atoms with van der Waals surface area (Å²) in [5.41, 5.74) is 8.66. The number of fused-ring (bicyclic) bond motifs is 1. The molecule has 90 valence electrons. The molecule has 0 fully saturated rings. The Morgan fingerprint density at radius 3 is 2.89 bits per heavy atom. The van der Waals surface area contributed by atoms with Crippen molar-refractivity contribution in [2.24, 2.45) is 0 Å². The van der Waals surface area contributed by atoms with Crippen molar-refractivity contribution in [3.8, 4) is 11.4 Å². The highest BCUT2D eigenvalue weighted by molar-refractivity contribution is 5.68. The van der Waals surface area contributed by atoms with Gasteiger partial charge in [0.25, 0.3) is 0 Å². The second-order valence-corrected chi connectivity index (χ2v) is 4.19. The molecule has 0 spiro atoms. The van der Waals surface area contributed by atoms with E-state index in [0.717, 1.165) is 5.56 Å². The van der Waals surface area contributed by atoms with Crippen LogP contribution in [0.3, 0.4) is 0 Å². The summed E-state index contributed by atoms with van der Waals surface area (Å²) in [7, 11) is 0. The molecule has 0 atom stereocenters. The van der Waals surface area contributed by atoms with Crippen LogP contribution in [0.2, 0.25) is 0 Å². The second-order valence-electron chi connectivity index (χ2n) is 4.19. The van der Waals surface area contributed by atoms with Gasteiger partial charge in [-0.2, -0.15) is 0 Å². The zero-order chi connectivity index (χ0) is 12.7. The van der Waals surface area contributed by atoms with Gasteiger partial charge in [-0.25, -0.2) is 13.9 Å². The summed E-state index contributed by atoms with van der Waals surface area (Å²) in [6, 6.07) is 8.01. The average Bonchev–Trinajstić information content (AvgIpc) is 2.73. The van der Waals surface area contributed by atoms with Gasteiger partial charge in [-0.3, -0.25) is 0 Å². The van der Waals surface area contributed by atoms with Crippen molar-refractivity contribution in [1.29, 1.82) is 0 Å². The molecule has 0 unspecified atom stereocenters. The average molecular weight is 242 g/mol. The van der Waals surface area contributed by atoms with E-state index in [4.69, 9.17) is 5.73 Å². The molecule has 1 aromatic carbocycles. The van der Waals surface area contributed by atoms with Gasteiger partial charge in [0.15, 0.2) is 11.5 Å². The summed E-state index contributed by atoms with van der Waals surface area (Å²) in [6.45, 7) is 1.93. The number of anilines is 1. The van der Waals surface area contributed by atoms with Crippen molar-refractivity contribution in [2.75, 3.05) is 5.73 Å². The quantitative estimate of drug-likeness (QED) is 0.713. The highest BCUT2D eigenvalue weighted by atomic mass is 19.1. The van der Waals surface area contributed by atoms with E-state index in [1.54, 1.807) is 16.6 Å². The largest absolute Gasteiger partial charge is 0.396 e. The van der Waals surface area contributed by atoms with Crippen LogP contribution < -0.4 is 5.73 Å². The predicted molar refractivity (Wildman–Crippen MR) is 67.5 cm³/mol. The molecular formula is C13H11FN4. The van der Waals surface area contributed by atoms with Crippen LogP contribution >= 0.6 is 0 Å². The van der Waals surface area contributed by atoms with E-state index in [2.05, 4.69) is 10.1 Å². The van der Waals surface area contributed by atoms with E-state index >= 15 is 0 Å². The number of nitrogens with zero attached hydrogens (tertiary/aromatic N) is 3. The monoisotopic (exact) mass is 242 g/mol. The Bertz CT molecular complexity index is 733. The molecule has 3 aromatic rings. The summed E-state index contributed by atoms with van der Waals surface area (Å²) < 4.78 is 14.8. The fourth-order valence-electron chi connectivity index (χ4n) is 1.90. The van der Waals surface area contributed by atoms with Gasteiger partial charge in [0.05, 0.1) is 5.69 Å². The maximum absolute atomic E-state index is 13.2. The van der Waals surface area contributed by atoms with E-state index in [0.29, 0.717) is 22.7 Å². The minimum absolute atomic E-state index is 0.310. The first-order valence-corrected chi connectivity index (χ1v) is 5.52. The maximum atomic E-state index is 13.2. The Balaban J connectivity index is 2.22. The van der Waals surface area contributed by atoms with E-state index in [-0.39, 0.29) is 5.82 Å². The van der Waals surface area contributed by atoms with Gasteiger partial charge < -0.3 is 5.73 Å². The van der Waals surface area contributed by atoms with Gasteiger partial charge in [-0.1, -0.05) is 12.1 Å². The number of hydrogen-bond donors (Lipinski definition) is 1. The van der Waals surface area contributed by atoms with Gasteiger partial charge in [0, 0.05) is 11.8 Å². The minimum Gasteiger partial charge on any atom is -0.396 e. The minimum atomic E-state index is -0.310. The molecule has 2 aromatic heterocycles. The topological polar surface area (TPSA) is 56.2 Å². The third kappa shape index (κ3) is 1.69. The Morgan fingerprint density at radius 1 is 1.28 bits per heavy atom. The molecule has 2 heterocycles. The van der Waals surface area contributed by atoms with Crippen LogP contribution in [0.5, 0.6) is 0 Å². The Morgan fingerprint density at radius 2 is 2.11 bits per heavy atom. The molecule has 18 heavy (non-hydrogen) atoms. The smallest absolute Gasteiger partial charge is 0.182 e. The molecular weight excluding hydrogens is 231 g/mol. The molecule has 0 aliphatic rings. The van der Waals surface area contributed by atoms with Crippen molar-refractivity contribution < 1.29 is 4.39 Å². The van der Waals surface area contributed by atoms with Gasteiger partial charge in [-0.15, -0.1) is 5.10 Å². The lowest BCUT2D eigenvalue weighted by molar-refractivity contribution is 0.628. The van der Waals surface area contributed by atoms with Crippen LogP contribution in [0.1, 0.15) is 5.56 Å². The zero-order valence-electron chi connectivity index (χ0n) is 9.76. The van der Waals surface area contributed by atoms with Crippen LogP contribution in [0.25, 0.3) is 17.0 Å². The predicted octanol–water partition coefficient (Wildman–Crippen LogP) is 2.43. The number of aromatic nitrogens is 3. The number of rotatable bonds is 1. The molecule has 4 nitrogen and oxygen atoms in total. The first-order valence-electron chi connectivity index (χ1n) is 5.52. The van der Waals surface area contributed by atoms with Crippen LogP contribution in [-0.4, -0.2) is 14.6 Å². The van der Waals surface area contributed by atoms with Gasteiger partial charge in [0.2, 0.25) is 0 Å². The highest BCUT2D eigenvalue weighted by Crippen LogP contribution is 2.20. The van der Waals surface area contributed by atoms with E-state index in [9.17, 15) is 4.39 Å². The van der Waals surface area contributed by atoms with Crippen molar-refractivity contribution in [1.82, 2.24) is 14.6 Å².